The van der Waals surface area contributed by atoms with Gasteiger partial charge in [-0.1, -0.05) is 35.9 Å². The molecule has 9 heteroatoms. The van der Waals surface area contributed by atoms with Crippen molar-refractivity contribution < 1.29 is 18.7 Å². The first-order valence-electron chi connectivity index (χ1n) is 9.70. The third-order valence-electron chi connectivity index (χ3n) is 5.35. The van der Waals surface area contributed by atoms with Crippen molar-refractivity contribution in [1.82, 2.24) is 14.4 Å². The topological polar surface area (TPSA) is 54.8 Å². The standard InChI is InChI=1S/C23H19ClFN3O3S/c1-26-22(30)20(28(23(26)32)13-21(29)31-2)10-14-11-27(19-9-4-3-6-15(14)19)12-16-17(24)7-5-8-18(16)25/h3-11H,12-13H2,1-2H3/b20-10-. The maximum Gasteiger partial charge on any atom is 0.325 e. The lowest BCUT2D eigenvalue weighted by molar-refractivity contribution is -0.140. The Morgan fingerprint density at radius 1 is 1.22 bits per heavy atom. The Morgan fingerprint density at radius 3 is 2.69 bits per heavy atom. The number of esters is 1. The van der Waals surface area contributed by atoms with Crippen LogP contribution in [-0.4, -0.2) is 52.1 Å². The van der Waals surface area contributed by atoms with Crippen LogP contribution in [0.2, 0.25) is 5.02 Å². The number of methoxy groups -OCH3 is 1. The molecule has 3 aromatic rings. The zero-order valence-electron chi connectivity index (χ0n) is 17.3. The Kier molecular flexibility index (Phi) is 5.99. The second-order valence-electron chi connectivity index (χ2n) is 7.27. The van der Waals surface area contributed by atoms with E-state index in [2.05, 4.69) is 0 Å². The summed E-state index contributed by atoms with van der Waals surface area (Å²) in [6.45, 7) is 0.0358. The van der Waals surface area contributed by atoms with Gasteiger partial charge in [-0.05, 0) is 36.5 Å². The predicted octanol–water partition coefficient (Wildman–Crippen LogP) is 4.05. The molecule has 0 radical (unpaired) electrons. The van der Waals surface area contributed by atoms with E-state index in [1.165, 1.54) is 23.0 Å². The summed E-state index contributed by atoms with van der Waals surface area (Å²) in [4.78, 5) is 27.5. The molecular formula is C23H19ClFN3O3S. The lowest BCUT2D eigenvalue weighted by Crippen LogP contribution is -2.33. The van der Waals surface area contributed by atoms with Gasteiger partial charge in [-0.2, -0.15) is 0 Å². The van der Waals surface area contributed by atoms with Crippen molar-refractivity contribution in [1.29, 1.82) is 0 Å². The molecule has 1 aliphatic rings. The summed E-state index contributed by atoms with van der Waals surface area (Å²) in [5.74, 6) is -1.23. The number of carbonyl (C=O) groups excluding carboxylic acids is 2. The van der Waals surface area contributed by atoms with Gasteiger partial charge in [-0.15, -0.1) is 0 Å². The fraction of sp³-hybridized carbons (Fsp3) is 0.174. The quantitative estimate of drug-likeness (QED) is 0.319. The van der Waals surface area contributed by atoms with E-state index in [0.29, 0.717) is 10.6 Å². The molecule has 6 nitrogen and oxygen atoms in total. The maximum absolute atomic E-state index is 14.4. The molecule has 0 spiro atoms. The minimum atomic E-state index is -0.516. The fourth-order valence-electron chi connectivity index (χ4n) is 3.67. The average molecular weight is 472 g/mol. The van der Waals surface area contributed by atoms with Gasteiger partial charge in [-0.25, -0.2) is 4.39 Å². The van der Waals surface area contributed by atoms with Gasteiger partial charge in [0.25, 0.3) is 5.91 Å². The van der Waals surface area contributed by atoms with Crippen LogP contribution in [0.5, 0.6) is 0 Å². The smallest absolute Gasteiger partial charge is 0.325 e. The molecule has 1 fully saturated rings. The lowest BCUT2D eigenvalue weighted by atomic mass is 10.1. The van der Waals surface area contributed by atoms with Gasteiger partial charge in [0.05, 0.1) is 13.7 Å². The van der Waals surface area contributed by atoms with Crippen molar-refractivity contribution in [3.05, 3.63) is 76.3 Å². The molecule has 0 unspecified atom stereocenters. The molecule has 0 atom stereocenters. The number of nitrogens with zero attached hydrogens (tertiary/aromatic N) is 3. The molecule has 0 bridgehead atoms. The Labute approximate surface area is 194 Å². The van der Waals surface area contributed by atoms with Crippen LogP contribution in [0.25, 0.3) is 17.0 Å². The maximum atomic E-state index is 14.4. The number of likely N-dealkylation sites (N-methyl/N-ethyl adjacent to an activating group) is 1. The van der Waals surface area contributed by atoms with Gasteiger partial charge >= 0.3 is 5.97 Å². The Hall–Kier alpha value is -3.23. The number of thiocarbonyl (C=S) groups is 1. The number of ether oxygens (including phenoxy) is 1. The molecule has 0 aliphatic carbocycles. The summed E-state index contributed by atoms with van der Waals surface area (Å²) in [6, 6.07) is 12.2. The van der Waals surface area contributed by atoms with Crippen LogP contribution in [0.3, 0.4) is 0 Å². The van der Waals surface area contributed by atoms with Gasteiger partial charge in [0.2, 0.25) is 0 Å². The highest BCUT2D eigenvalue weighted by molar-refractivity contribution is 7.80. The molecule has 0 N–H and O–H groups in total. The Morgan fingerprint density at radius 2 is 1.97 bits per heavy atom. The zero-order valence-corrected chi connectivity index (χ0v) is 18.9. The number of carbonyl (C=O) groups is 2. The van der Waals surface area contributed by atoms with E-state index in [1.54, 1.807) is 25.3 Å². The number of amides is 1. The first-order valence-corrected chi connectivity index (χ1v) is 10.5. The molecule has 164 valence electrons. The molecular weight excluding hydrogens is 453 g/mol. The van der Waals surface area contributed by atoms with Crippen molar-refractivity contribution in [2.45, 2.75) is 6.54 Å². The molecule has 32 heavy (non-hydrogen) atoms. The highest BCUT2D eigenvalue weighted by atomic mass is 35.5. The number of halogens is 2. The van der Waals surface area contributed by atoms with Crippen molar-refractivity contribution in [3.8, 4) is 0 Å². The monoisotopic (exact) mass is 471 g/mol. The van der Waals surface area contributed by atoms with E-state index in [0.717, 1.165) is 16.5 Å². The Bertz CT molecular complexity index is 1270. The fourth-order valence-corrected chi connectivity index (χ4v) is 4.13. The van der Waals surface area contributed by atoms with Crippen LogP contribution in [0.15, 0.2) is 54.4 Å². The van der Waals surface area contributed by atoms with Gasteiger partial charge in [-0.3, -0.25) is 14.5 Å². The van der Waals surface area contributed by atoms with E-state index < -0.39 is 11.8 Å². The highest BCUT2D eigenvalue weighted by Crippen LogP contribution is 2.29. The molecule has 1 aromatic heterocycles. The number of aromatic nitrogens is 1. The largest absolute Gasteiger partial charge is 0.468 e. The number of hydrogen-bond acceptors (Lipinski definition) is 4. The molecule has 0 saturated carbocycles. The summed E-state index contributed by atoms with van der Waals surface area (Å²) in [6.07, 6.45) is 3.51. The van der Waals surface area contributed by atoms with Crippen LogP contribution in [0.1, 0.15) is 11.1 Å². The van der Waals surface area contributed by atoms with Gasteiger partial charge in [0, 0.05) is 40.3 Å². The SMILES string of the molecule is COC(=O)CN1C(=S)N(C)C(=O)/C1=C/c1cn(Cc2c(F)cccc2Cl)c2ccccc12. The average Bonchev–Trinajstić information content (AvgIpc) is 3.22. The number of rotatable bonds is 5. The second-order valence-corrected chi connectivity index (χ2v) is 8.04. The second kappa shape index (κ2) is 8.72. The highest BCUT2D eigenvalue weighted by Gasteiger charge is 2.37. The van der Waals surface area contributed by atoms with Crippen LogP contribution in [0, 0.1) is 5.82 Å². The molecule has 2 heterocycles. The third kappa shape index (κ3) is 3.87. The van der Waals surface area contributed by atoms with Gasteiger partial charge in [0.15, 0.2) is 5.11 Å². The summed E-state index contributed by atoms with van der Waals surface area (Å²) in [5, 5.41) is 1.41. The van der Waals surface area contributed by atoms with Gasteiger partial charge in [0.1, 0.15) is 18.1 Å². The number of benzene rings is 2. The minimum absolute atomic E-state index is 0.180. The summed E-state index contributed by atoms with van der Waals surface area (Å²) < 4.78 is 21.0. The van der Waals surface area contributed by atoms with E-state index in [-0.39, 0.29) is 29.8 Å². The Balaban J connectivity index is 1.81. The third-order valence-corrected chi connectivity index (χ3v) is 6.20. The van der Waals surface area contributed by atoms with Crippen LogP contribution in [0.4, 0.5) is 4.39 Å². The first kappa shape index (κ1) is 22.0. The molecule has 1 aliphatic heterocycles. The van der Waals surface area contributed by atoms with E-state index in [9.17, 15) is 14.0 Å². The first-order chi connectivity index (χ1) is 15.3. The van der Waals surface area contributed by atoms with E-state index in [4.69, 9.17) is 28.6 Å². The van der Waals surface area contributed by atoms with Crippen molar-refractivity contribution in [2.24, 2.45) is 0 Å². The molecule has 1 amide bonds. The number of para-hydroxylation sites is 1. The zero-order chi connectivity index (χ0) is 23.0. The predicted molar refractivity (Wildman–Crippen MR) is 125 cm³/mol. The molecule has 2 aromatic carbocycles. The van der Waals surface area contributed by atoms with E-state index >= 15 is 0 Å². The summed E-state index contributed by atoms with van der Waals surface area (Å²) in [5.41, 5.74) is 2.21. The number of fused-ring (bicyclic) bond motifs is 1. The van der Waals surface area contributed by atoms with E-state index in [1.807, 2.05) is 35.0 Å². The van der Waals surface area contributed by atoms with Gasteiger partial charge < -0.3 is 14.2 Å². The van der Waals surface area contributed by atoms with Crippen LogP contribution in [-0.2, 0) is 20.9 Å². The van der Waals surface area contributed by atoms with Crippen molar-refractivity contribution in [2.75, 3.05) is 20.7 Å². The molecule has 4 rings (SSSR count). The minimum Gasteiger partial charge on any atom is -0.468 e. The van der Waals surface area contributed by atoms with Crippen LogP contribution < -0.4 is 0 Å². The molecule has 1 saturated heterocycles. The van der Waals surface area contributed by atoms with Crippen molar-refractivity contribution >= 4 is 57.8 Å². The van der Waals surface area contributed by atoms with Crippen LogP contribution >= 0.6 is 23.8 Å². The normalized spacial score (nSPS) is 15.3. The lowest BCUT2D eigenvalue weighted by Gasteiger charge is -2.16. The summed E-state index contributed by atoms with van der Waals surface area (Å²) in [7, 11) is 2.83. The summed E-state index contributed by atoms with van der Waals surface area (Å²) >= 11 is 11.6. The van der Waals surface area contributed by atoms with Crippen molar-refractivity contribution in [3.63, 3.8) is 0 Å². The number of hydrogen-bond donors (Lipinski definition) is 0.